The molecule has 3 rings (SSSR count). The number of rotatable bonds is 10. The second-order valence-corrected chi connectivity index (χ2v) is 17.2. The van der Waals surface area contributed by atoms with Crippen LogP contribution >= 0.6 is 36.7 Å². The first-order valence-electron chi connectivity index (χ1n) is 10.3. The SMILES string of the molecule is BrCCCCCC=CCP(Br)(c1ccccc1)(c1ccccc1)c1ccccc1. The van der Waals surface area contributed by atoms with Crippen LogP contribution in [0.25, 0.3) is 0 Å². The monoisotopic (exact) mass is 530 g/mol. The van der Waals surface area contributed by atoms with E-state index in [0.29, 0.717) is 0 Å². The molecule has 3 heteroatoms. The van der Waals surface area contributed by atoms with Crippen LogP contribution in [0.2, 0.25) is 0 Å². The van der Waals surface area contributed by atoms with Crippen molar-refractivity contribution in [2.45, 2.75) is 25.7 Å². The van der Waals surface area contributed by atoms with Gasteiger partial charge in [0.25, 0.3) is 0 Å². The number of hydrogen-bond acceptors (Lipinski definition) is 0. The third-order valence-electron chi connectivity index (χ3n) is 5.50. The predicted octanol–water partition coefficient (Wildman–Crippen LogP) is 7.34. The summed E-state index contributed by atoms with van der Waals surface area (Å²) in [4.78, 5) is 0. The number of hydrogen-bond donors (Lipinski definition) is 0. The van der Waals surface area contributed by atoms with Crippen LogP contribution in [0.15, 0.2) is 103 Å². The molecule has 3 aromatic carbocycles. The first kappa shape index (κ1) is 22.5. The molecule has 0 unspecified atom stereocenters. The van der Waals surface area contributed by atoms with Gasteiger partial charge in [0.15, 0.2) is 0 Å². The van der Waals surface area contributed by atoms with Crippen LogP contribution in [0.4, 0.5) is 0 Å². The van der Waals surface area contributed by atoms with Crippen LogP contribution in [0.3, 0.4) is 0 Å². The van der Waals surface area contributed by atoms with Crippen molar-refractivity contribution in [3.63, 3.8) is 0 Å². The minimum absolute atomic E-state index is 0.974. The van der Waals surface area contributed by atoms with Gasteiger partial charge < -0.3 is 0 Å². The summed E-state index contributed by atoms with van der Waals surface area (Å²) in [6.07, 6.45) is 10.7. The number of halogens is 2. The first-order chi connectivity index (χ1) is 14.2. The molecule has 0 amide bonds. The molecule has 0 saturated heterocycles. The summed E-state index contributed by atoms with van der Waals surface area (Å²) >= 11 is 8.01. The zero-order valence-corrected chi connectivity index (χ0v) is 20.8. The van der Waals surface area contributed by atoms with Gasteiger partial charge in [0.2, 0.25) is 0 Å². The average molecular weight is 532 g/mol. The molecule has 0 aliphatic rings. The first-order valence-corrected chi connectivity index (χ1v) is 15.9. The van der Waals surface area contributed by atoms with E-state index in [1.807, 2.05) is 0 Å². The summed E-state index contributed by atoms with van der Waals surface area (Å²) in [5.74, 6) is 0. The fourth-order valence-corrected chi connectivity index (χ4v) is 11.4. The molecule has 0 aromatic heterocycles. The van der Waals surface area contributed by atoms with E-state index in [9.17, 15) is 0 Å². The quantitative estimate of drug-likeness (QED) is 0.111. The van der Waals surface area contributed by atoms with Gasteiger partial charge in [-0.15, -0.1) is 0 Å². The Morgan fingerprint density at radius 2 is 1.03 bits per heavy atom. The fraction of sp³-hybridized carbons (Fsp3) is 0.231. The Morgan fingerprint density at radius 3 is 1.45 bits per heavy atom. The Labute approximate surface area is 192 Å². The minimum atomic E-state index is -2.79. The van der Waals surface area contributed by atoms with Crippen molar-refractivity contribution in [3.8, 4) is 0 Å². The maximum atomic E-state index is 4.48. The summed E-state index contributed by atoms with van der Waals surface area (Å²) in [6.45, 7) is 0. The van der Waals surface area contributed by atoms with Crippen LogP contribution in [-0.2, 0) is 0 Å². The van der Waals surface area contributed by atoms with Gasteiger partial charge >= 0.3 is 193 Å². The molecule has 0 aliphatic heterocycles. The molecule has 152 valence electrons. The van der Waals surface area contributed by atoms with Gasteiger partial charge in [-0.2, -0.15) is 0 Å². The van der Waals surface area contributed by atoms with Gasteiger partial charge in [-0.05, 0) is 0 Å². The molecule has 3 aromatic rings. The molecular weight excluding hydrogens is 503 g/mol. The Bertz CT molecular complexity index is 792. The van der Waals surface area contributed by atoms with Crippen molar-refractivity contribution in [3.05, 3.63) is 103 Å². The Kier molecular flexibility index (Phi) is 8.30. The van der Waals surface area contributed by atoms with Gasteiger partial charge in [-0.25, -0.2) is 0 Å². The molecule has 0 radical (unpaired) electrons. The van der Waals surface area contributed by atoms with E-state index in [0.717, 1.165) is 17.9 Å². The molecule has 0 bridgehead atoms. The molecule has 0 spiro atoms. The Morgan fingerprint density at radius 1 is 0.586 bits per heavy atom. The van der Waals surface area contributed by atoms with Crippen LogP contribution in [0.1, 0.15) is 25.7 Å². The topological polar surface area (TPSA) is 0 Å². The molecule has 0 aliphatic carbocycles. The van der Waals surface area contributed by atoms with E-state index >= 15 is 0 Å². The predicted molar refractivity (Wildman–Crippen MR) is 140 cm³/mol. The summed E-state index contributed by atoms with van der Waals surface area (Å²) in [5, 5.41) is 2.43. The van der Waals surface area contributed by atoms with Gasteiger partial charge in [0, 0.05) is 0 Å². The van der Waals surface area contributed by atoms with Gasteiger partial charge in [0.1, 0.15) is 0 Å². The van der Waals surface area contributed by atoms with Crippen molar-refractivity contribution < 1.29 is 0 Å². The molecule has 0 atom stereocenters. The zero-order chi connectivity index (χ0) is 20.4. The van der Waals surface area contributed by atoms with E-state index in [4.69, 9.17) is 0 Å². The summed E-state index contributed by atoms with van der Waals surface area (Å²) in [5.41, 5.74) is 0. The summed E-state index contributed by atoms with van der Waals surface area (Å²) < 4.78 is 0. The van der Waals surface area contributed by atoms with Gasteiger partial charge in [0.05, 0.1) is 0 Å². The third-order valence-corrected chi connectivity index (χ3v) is 15.6. The maximum absolute atomic E-state index is 4.48. The summed E-state index contributed by atoms with van der Waals surface area (Å²) in [6, 6.07) is 33.0. The van der Waals surface area contributed by atoms with Crippen molar-refractivity contribution in [2.75, 3.05) is 11.5 Å². The number of benzene rings is 3. The molecule has 29 heavy (non-hydrogen) atoms. The van der Waals surface area contributed by atoms with Crippen LogP contribution in [0, 0.1) is 0 Å². The summed E-state index contributed by atoms with van der Waals surface area (Å²) in [7, 11) is 0. The van der Waals surface area contributed by atoms with Crippen molar-refractivity contribution in [1.29, 1.82) is 0 Å². The number of unbranched alkanes of at least 4 members (excludes halogenated alkanes) is 3. The molecule has 0 saturated carbocycles. The van der Waals surface area contributed by atoms with Crippen LogP contribution in [0.5, 0.6) is 0 Å². The van der Waals surface area contributed by atoms with E-state index in [2.05, 4.69) is 135 Å². The van der Waals surface area contributed by atoms with Crippen molar-refractivity contribution in [2.24, 2.45) is 0 Å². The normalized spacial score (nSPS) is 13.2. The number of alkyl halides is 1. The molecule has 0 fully saturated rings. The van der Waals surface area contributed by atoms with Crippen LogP contribution < -0.4 is 15.9 Å². The van der Waals surface area contributed by atoms with E-state index < -0.39 is 5.31 Å². The van der Waals surface area contributed by atoms with Crippen LogP contribution in [-0.4, -0.2) is 11.5 Å². The third kappa shape index (κ3) is 4.93. The zero-order valence-electron chi connectivity index (χ0n) is 16.8. The standard InChI is InChI=1S/C26H29Br2P/c27-22-14-3-1-2-4-15-23-29(28,24-16-8-5-9-17-24,25-18-10-6-11-19-25)26-20-12-7-13-21-26/h4-13,15-21H,1-3,14,22-23H2. The average Bonchev–Trinajstić information content (AvgIpc) is 2.80. The Hall–Kier alpha value is -1.21. The van der Waals surface area contributed by atoms with E-state index in [1.165, 1.54) is 35.2 Å². The van der Waals surface area contributed by atoms with Gasteiger partial charge in [-0.1, -0.05) is 0 Å². The van der Waals surface area contributed by atoms with Crippen molar-refractivity contribution >= 4 is 52.6 Å². The van der Waals surface area contributed by atoms with E-state index in [-0.39, 0.29) is 0 Å². The second-order valence-electron chi connectivity index (χ2n) is 7.38. The van der Waals surface area contributed by atoms with Crippen molar-refractivity contribution in [1.82, 2.24) is 0 Å². The fourth-order valence-electron chi connectivity index (χ4n) is 3.90. The second kappa shape index (κ2) is 10.7. The number of allylic oxidation sites excluding steroid dienone is 2. The molecule has 0 N–H and O–H groups in total. The molecule has 0 heterocycles. The molecule has 0 nitrogen and oxygen atoms in total. The van der Waals surface area contributed by atoms with Gasteiger partial charge in [-0.3, -0.25) is 0 Å². The molecular formula is C26H29Br2P. The van der Waals surface area contributed by atoms with E-state index in [1.54, 1.807) is 0 Å². The Balaban J connectivity index is 2.08.